The van der Waals surface area contributed by atoms with Crippen molar-refractivity contribution in [2.75, 3.05) is 0 Å². The molecule has 1 aliphatic rings. The number of carbonyl (C=O) groups excluding carboxylic acids is 3. The first-order chi connectivity index (χ1) is 18.1. The van der Waals surface area contributed by atoms with Gasteiger partial charge in [0.15, 0.2) is 5.78 Å². The molecule has 224 valence electrons. The standard InChI is InChI=1S/C28H42O3.C5H12.C3H8/c1-9-11-21(22(10-2)25(30)13-18(4)29)14-20-15-23-17(3)12-24(28(6,7)8)19(5)27(23)26(31)16-20;1-4-5(2)3;1-3-2/h12,20-22H,9-11,13-16H2,1-8H3;5H,4H2,1-3H3;3H2,1-2H3. The summed E-state index contributed by atoms with van der Waals surface area (Å²) in [5, 5.41) is 0. The van der Waals surface area contributed by atoms with Gasteiger partial charge < -0.3 is 0 Å². The molecule has 0 heterocycles. The van der Waals surface area contributed by atoms with Crippen molar-refractivity contribution in [3.05, 3.63) is 33.9 Å². The maximum absolute atomic E-state index is 13.3. The maximum atomic E-state index is 13.3. The molecule has 1 aromatic carbocycles. The minimum Gasteiger partial charge on any atom is -0.300 e. The molecule has 0 aromatic heterocycles. The van der Waals surface area contributed by atoms with E-state index in [2.05, 4.69) is 82.2 Å². The third-order valence-corrected chi connectivity index (χ3v) is 7.93. The number of hydrogen-bond donors (Lipinski definition) is 0. The van der Waals surface area contributed by atoms with Crippen LogP contribution in [0.1, 0.15) is 160 Å². The Morgan fingerprint density at radius 1 is 0.974 bits per heavy atom. The summed E-state index contributed by atoms with van der Waals surface area (Å²) in [4.78, 5) is 37.6. The van der Waals surface area contributed by atoms with E-state index in [1.807, 2.05) is 6.92 Å². The number of fused-ring (bicyclic) bond motifs is 1. The van der Waals surface area contributed by atoms with E-state index in [0.29, 0.717) is 6.42 Å². The van der Waals surface area contributed by atoms with Crippen LogP contribution in [0.25, 0.3) is 0 Å². The molecule has 3 nitrogen and oxygen atoms in total. The summed E-state index contributed by atoms with van der Waals surface area (Å²) in [7, 11) is 0. The highest BCUT2D eigenvalue weighted by Gasteiger charge is 2.34. The lowest BCUT2D eigenvalue weighted by molar-refractivity contribution is -0.129. The van der Waals surface area contributed by atoms with E-state index < -0.39 is 0 Å². The molecule has 1 aromatic rings. The first kappa shape index (κ1) is 37.2. The SMILES string of the molecule is CCC.CCC(C)C.CCCC(CC1CC(=O)c2c(C)c(C(C)(C)C)cc(C)c2C1)C(CC)C(=O)CC(C)=O. The van der Waals surface area contributed by atoms with Gasteiger partial charge in [-0.05, 0) is 85.5 Å². The highest BCUT2D eigenvalue weighted by Crippen LogP contribution is 2.40. The monoisotopic (exact) mass is 542 g/mol. The van der Waals surface area contributed by atoms with Crippen LogP contribution in [-0.4, -0.2) is 17.3 Å². The first-order valence-electron chi connectivity index (χ1n) is 15.8. The molecule has 3 heteroatoms. The summed E-state index contributed by atoms with van der Waals surface area (Å²) >= 11 is 0. The molecule has 1 aliphatic carbocycles. The lowest BCUT2D eigenvalue weighted by Crippen LogP contribution is -2.30. The molecule has 0 radical (unpaired) electrons. The van der Waals surface area contributed by atoms with Crippen LogP contribution in [0.4, 0.5) is 0 Å². The van der Waals surface area contributed by atoms with Gasteiger partial charge in [-0.25, -0.2) is 0 Å². The van der Waals surface area contributed by atoms with E-state index in [1.54, 1.807) is 0 Å². The second-order valence-electron chi connectivity index (χ2n) is 13.3. The zero-order valence-corrected chi connectivity index (χ0v) is 28.0. The van der Waals surface area contributed by atoms with Crippen LogP contribution < -0.4 is 0 Å². The van der Waals surface area contributed by atoms with E-state index in [-0.39, 0.29) is 46.9 Å². The van der Waals surface area contributed by atoms with E-state index in [4.69, 9.17) is 0 Å². The number of Topliss-reactive ketones (excluding diaryl/α,β-unsaturated/α-hetero) is 3. The predicted molar refractivity (Wildman–Crippen MR) is 169 cm³/mol. The van der Waals surface area contributed by atoms with Gasteiger partial charge in [-0.1, -0.05) is 101 Å². The lowest BCUT2D eigenvalue weighted by atomic mass is 9.70. The minimum atomic E-state index is -0.0774. The minimum absolute atomic E-state index is 0.0125. The zero-order chi connectivity index (χ0) is 30.5. The quantitative estimate of drug-likeness (QED) is 0.276. The Labute approximate surface area is 242 Å². The van der Waals surface area contributed by atoms with Gasteiger partial charge in [0, 0.05) is 17.9 Å². The summed E-state index contributed by atoms with van der Waals surface area (Å²) in [5.41, 5.74) is 5.80. The summed E-state index contributed by atoms with van der Waals surface area (Å²) in [5.74, 6) is 1.61. The van der Waals surface area contributed by atoms with Gasteiger partial charge in [-0.15, -0.1) is 0 Å². The smallest absolute Gasteiger partial charge is 0.163 e. The number of aryl methyl sites for hydroxylation is 1. The van der Waals surface area contributed by atoms with Gasteiger partial charge in [0.1, 0.15) is 11.6 Å². The van der Waals surface area contributed by atoms with Crippen molar-refractivity contribution in [3.63, 3.8) is 0 Å². The molecule has 0 fully saturated rings. The fraction of sp³-hybridized carbons (Fsp3) is 0.750. The van der Waals surface area contributed by atoms with E-state index in [0.717, 1.165) is 49.1 Å². The topological polar surface area (TPSA) is 51.2 Å². The zero-order valence-electron chi connectivity index (χ0n) is 28.0. The number of benzene rings is 1. The number of carbonyl (C=O) groups is 3. The van der Waals surface area contributed by atoms with Gasteiger partial charge in [0.05, 0.1) is 6.42 Å². The second kappa shape index (κ2) is 17.8. The molecule has 0 N–H and O–H groups in total. The molecule has 3 unspecified atom stereocenters. The van der Waals surface area contributed by atoms with Crippen molar-refractivity contribution in [1.29, 1.82) is 0 Å². The fourth-order valence-corrected chi connectivity index (χ4v) is 5.76. The van der Waals surface area contributed by atoms with Crippen LogP contribution in [0, 0.1) is 37.5 Å². The molecule has 0 amide bonds. The third kappa shape index (κ3) is 12.1. The Morgan fingerprint density at radius 2 is 1.51 bits per heavy atom. The predicted octanol–water partition coefficient (Wildman–Crippen LogP) is 10.2. The maximum Gasteiger partial charge on any atom is 0.163 e. The molecule has 0 bridgehead atoms. The van der Waals surface area contributed by atoms with Crippen molar-refractivity contribution in [2.45, 2.75) is 153 Å². The summed E-state index contributed by atoms with van der Waals surface area (Å²) in [6.45, 7) is 27.4. The van der Waals surface area contributed by atoms with Crippen molar-refractivity contribution in [1.82, 2.24) is 0 Å². The van der Waals surface area contributed by atoms with Gasteiger partial charge in [-0.2, -0.15) is 0 Å². The third-order valence-electron chi connectivity index (χ3n) is 7.93. The van der Waals surface area contributed by atoms with Crippen LogP contribution in [0.2, 0.25) is 0 Å². The molecule has 0 saturated carbocycles. The van der Waals surface area contributed by atoms with E-state index >= 15 is 0 Å². The van der Waals surface area contributed by atoms with Crippen molar-refractivity contribution in [3.8, 4) is 0 Å². The largest absolute Gasteiger partial charge is 0.300 e. The lowest BCUT2D eigenvalue weighted by Gasteiger charge is -2.34. The van der Waals surface area contributed by atoms with Gasteiger partial charge in [0.2, 0.25) is 0 Å². The Kier molecular flexibility index (Phi) is 17.0. The Hall–Kier alpha value is -1.77. The molecule has 3 atom stereocenters. The van der Waals surface area contributed by atoms with Crippen LogP contribution in [0.15, 0.2) is 6.07 Å². The van der Waals surface area contributed by atoms with Crippen LogP contribution >= 0.6 is 0 Å². The Morgan fingerprint density at radius 3 is 1.92 bits per heavy atom. The highest BCUT2D eigenvalue weighted by molar-refractivity contribution is 6.01. The van der Waals surface area contributed by atoms with Gasteiger partial charge >= 0.3 is 0 Å². The van der Waals surface area contributed by atoms with E-state index in [9.17, 15) is 14.4 Å². The van der Waals surface area contributed by atoms with Crippen molar-refractivity contribution >= 4 is 17.3 Å². The van der Waals surface area contributed by atoms with Crippen LogP contribution in [0.3, 0.4) is 0 Å². The molecule has 0 aliphatic heterocycles. The van der Waals surface area contributed by atoms with Crippen LogP contribution in [-0.2, 0) is 21.4 Å². The number of rotatable bonds is 10. The van der Waals surface area contributed by atoms with Crippen LogP contribution in [0.5, 0.6) is 0 Å². The van der Waals surface area contributed by atoms with Gasteiger partial charge in [0.25, 0.3) is 0 Å². The Bertz CT molecular complexity index is 916. The molecule has 2 rings (SSSR count). The summed E-state index contributed by atoms with van der Waals surface area (Å²) < 4.78 is 0. The normalized spacial score (nSPS) is 16.4. The molecular weight excluding hydrogens is 480 g/mol. The highest BCUT2D eigenvalue weighted by atomic mass is 16.1. The molecule has 39 heavy (non-hydrogen) atoms. The van der Waals surface area contributed by atoms with Gasteiger partial charge in [-0.3, -0.25) is 14.4 Å². The number of ketones is 3. The fourth-order valence-electron chi connectivity index (χ4n) is 5.76. The average molecular weight is 543 g/mol. The molecule has 0 saturated heterocycles. The summed E-state index contributed by atoms with van der Waals surface area (Å²) in [6.07, 6.45) is 7.72. The number of hydrogen-bond acceptors (Lipinski definition) is 3. The molecular formula is C36H62O3. The second-order valence-corrected chi connectivity index (χ2v) is 13.3. The van der Waals surface area contributed by atoms with E-state index in [1.165, 1.54) is 36.5 Å². The summed E-state index contributed by atoms with van der Waals surface area (Å²) in [6, 6.07) is 2.28. The Balaban J connectivity index is 0.00000159. The first-order valence-corrected chi connectivity index (χ1v) is 15.8. The molecule has 0 spiro atoms. The van der Waals surface area contributed by atoms with Crippen molar-refractivity contribution < 1.29 is 14.4 Å². The van der Waals surface area contributed by atoms with Crippen molar-refractivity contribution in [2.24, 2.45) is 23.7 Å². The average Bonchev–Trinajstić information content (AvgIpc) is 2.81.